The predicted molar refractivity (Wildman–Crippen MR) is 166 cm³/mol. The standard InChI is InChI=1S/C29H32ClN9O4/c1-17-34-24-15-25(35-17)22(37-28(41)12-7-18-13-19(30)8-11-26(18)39(32)16-33-31)5-3-4-6-27(40)38-23-14-20(9-10-21(23)24)36-29(42)43-2/h7-16,22H,3-6,31-32H2,1-2H3,(H,36,42)(H,37,41)(H,38,40)/b12-7+,33-16-. The molecule has 0 saturated heterocycles. The highest BCUT2D eigenvalue weighted by molar-refractivity contribution is 6.30. The highest BCUT2D eigenvalue weighted by atomic mass is 35.5. The predicted octanol–water partition coefficient (Wildman–Crippen LogP) is 4.25. The number of hydrogen-bond donors (Lipinski definition) is 5. The van der Waals surface area contributed by atoms with E-state index in [2.05, 4.69) is 35.8 Å². The van der Waals surface area contributed by atoms with Gasteiger partial charge in [-0.15, -0.1) is 0 Å². The Morgan fingerprint density at radius 1 is 1.19 bits per heavy atom. The summed E-state index contributed by atoms with van der Waals surface area (Å²) >= 11 is 6.17. The molecule has 3 aromatic rings. The Morgan fingerprint density at radius 3 is 2.77 bits per heavy atom. The van der Waals surface area contributed by atoms with Gasteiger partial charge in [0, 0.05) is 34.3 Å². The Balaban J connectivity index is 1.66. The number of rotatable bonds is 6. The van der Waals surface area contributed by atoms with Crippen molar-refractivity contribution >= 4 is 59.0 Å². The zero-order valence-electron chi connectivity index (χ0n) is 23.6. The third-order valence-corrected chi connectivity index (χ3v) is 6.79. The molecule has 0 spiro atoms. The summed E-state index contributed by atoms with van der Waals surface area (Å²) in [6, 6.07) is 11.4. The van der Waals surface area contributed by atoms with Gasteiger partial charge in [-0.2, -0.15) is 5.10 Å². The summed E-state index contributed by atoms with van der Waals surface area (Å²) in [6.45, 7) is 1.76. The van der Waals surface area contributed by atoms with E-state index in [0.29, 0.717) is 69.7 Å². The number of aromatic nitrogens is 2. The fourth-order valence-electron chi connectivity index (χ4n) is 4.58. The number of hydrogen-bond acceptors (Lipinski definition) is 9. The Hall–Kier alpha value is -5.01. The fourth-order valence-corrected chi connectivity index (χ4v) is 4.76. The van der Waals surface area contributed by atoms with E-state index in [9.17, 15) is 14.4 Å². The summed E-state index contributed by atoms with van der Waals surface area (Å²) < 4.78 is 4.68. The van der Waals surface area contributed by atoms with E-state index in [1.54, 1.807) is 55.5 Å². The van der Waals surface area contributed by atoms with Crippen molar-refractivity contribution in [3.63, 3.8) is 0 Å². The first-order valence-electron chi connectivity index (χ1n) is 13.4. The number of methoxy groups -OCH3 is 1. The molecule has 2 bridgehead atoms. The molecule has 0 radical (unpaired) electrons. The van der Waals surface area contributed by atoms with Crippen LogP contribution in [0.1, 0.15) is 48.8 Å². The summed E-state index contributed by atoms with van der Waals surface area (Å²) in [6.07, 6.45) is 5.61. The van der Waals surface area contributed by atoms with Gasteiger partial charge in [-0.1, -0.05) is 18.0 Å². The van der Waals surface area contributed by atoms with Gasteiger partial charge in [0.15, 0.2) is 0 Å². The van der Waals surface area contributed by atoms with Crippen molar-refractivity contribution < 1.29 is 19.1 Å². The summed E-state index contributed by atoms with van der Waals surface area (Å²) in [5.74, 6) is 11.1. The molecule has 0 saturated carbocycles. The lowest BCUT2D eigenvalue weighted by Gasteiger charge is -2.21. The van der Waals surface area contributed by atoms with Crippen LogP contribution in [0.2, 0.25) is 5.02 Å². The number of nitrogens with two attached hydrogens (primary N) is 2. The van der Waals surface area contributed by atoms with Crippen molar-refractivity contribution in [2.45, 2.75) is 38.6 Å². The molecule has 1 atom stereocenters. The number of fused-ring (bicyclic) bond motifs is 4. The van der Waals surface area contributed by atoms with Crippen molar-refractivity contribution in [1.82, 2.24) is 15.3 Å². The lowest BCUT2D eigenvalue weighted by Crippen LogP contribution is -2.30. The minimum Gasteiger partial charge on any atom is -0.453 e. The van der Waals surface area contributed by atoms with Crippen molar-refractivity contribution in [1.29, 1.82) is 0 Å². The van der Waals surface area contributed by atoms with Crippen LogP contribution >= 0.6 is 11.6 Å². The van der Waals surface area contributed by atoms with Crippen molar-refractivity contribution in [3.8, 4) is 11.3 Å². The van der Waals surface area contributed by atoms with Gasteiger partial charge in [0.2, 0.25) is 11.8 Å². The Morgan fingerprint density at radius 2 is 2.00 bits per heavy atom. The van der Waals surface area contributed by atoms with Crippen LogP contribution in [0.5, 0.6) is 0 Å². The smallest absolute Gasteiger partial charge is 0.411 e. The molecule has 1 aromatic heterocycles. The quantitative estimate of drug-likeness (QED) is 0.0898. The van der Waals surface area contributed by atoms with E-state index in [1.165, 1.54) is 24.5 Å². The minimum absolute atomic E-state index is 0.183. The van der Waals surface area contributed by atoms with E-state index < -0.39 is 12.1 Å². The molecule has 7 N–H and O–H groups in total. The molecule has 224 valence electrons. The molecule has 4 rings (SSSR count). The van der Waals surface area contributed by atoms with E-state index in [1.807, 2.05) is 0 Å². The summed E-state index contributed by atoms with van der Waals surface area (Å²) in [5.41, 5.74) is 3.82. The fraction of sp³-hybridized carbons (Fsp3) is 0.241. The summed E-state index contributed by atoms with van der Waals surface area (Å²) in [7, 11) is 1.27. The molecular weight excluding hydrogens is 574 g/mol. The number of anilines is 3. The maximum Gasteiger partial charge on any atom is 0.411 e. The van der Waals surface area contributed by atoms with E-state index in [0.717, 1.165) is 0 Å². The molecule has 3 amide bonds. The van der Waals surface area contributed by atoms with Crippen LogP contribution in [0.15, 0.2) is 53.6 Å². The molecule has 14 heteroatoms. The molecule has 1 unspecified atom stereocenters. The normalized spacial score (nSPS) is 15.2. The zero-order chi connectivity index (χ0) is 30.9. The first-order chi connectivity index (χ1) is 20.7. The first-order valence-corrected chi connectivity index (χ1v) is 13.7. The van der Waals surface area contributed by atoms with Gasteiger partial charge in [-0.25, -0.2) is 20.6 Å². The number of hydrazine groups is 1. The first kappa shape index (κ1) is 30.9. The van der Waals surface area contributed by atoms with Gasteiger partial charge < -0.3 is 21.2 Å². The number of carbonyl (C=O) groups excluding carboxylic acids is 3. The molecule has 1 aliphatic rings. The van der Waals surface area contributed by atoms with Crippen LogP contribution in [-0.2, 0) is 14.3 Å². The zero-order valence-corrected chi connectivity index (χ0v) is 24.4. The number of ether oxygens (including phenoxy) is 1. The second kappa shape index (κ2) is 14.2. The van der Waals surface area contributed by atoms with Crippen molar-refractivity contribution in [2.75, 3.05) is 22.8 Å². The maximum absolute atomic E-state index is 13.2. The average Bonchev–Trinajstić information content (AvgIpc) is 2.97. The van der Waals surface area contributed by atoms with Crippen LogP contribution in [-0.4, -0.2) is 41.3 Å². The lowest BCUT2D eigenvalue weighted by atomic mass is 10.0. The molecular formula is C29H32ClN9O4. The van der Waals surface area contributed by atoms with Gasteiger partial charge in [0.25, 0.3) is 0 Å². The molecule has 1 aliphatic heterocycles. The van der Waals surface area contributed by atoms with E-state index in [4.69, 9.17) is 23.3 Å². The largest absolute Gasteiger partial charge is 0.453 e. The van der Waals surface area contributed by atoms with Crippen LogP contribution in [0.25, 0.3) is 17.3 Å². The number of amides is 3. The number of aryl methyl sites for hydroxylation is 1. The second-order valence-corrected chi connectivity index (χ2v) is 10.1. The molecule has 13 nitrogen and oxygen atoms in total. The number of benzene rings is 2. The van der Waals surface area contributed by atoms with Gasteiger partial charge in [0.1, 0.15) is 12.2 Å². The monoisotopic (exact) mass is 605 g/mol. The highest BCUT2D eigenvalue weighted by Crippen LogP contribution is 2.33. The Bertz CT molecular complexity index is 1580. The number of halogens is 1. The Labute approximate surface area is 253 Å². The second-order valence-electron chi connectivity index (χ2n) is 9.67. The van der Waals surface area contributed by atoms with E-state index >= 15 is 0 Å². The number of hydrazone groups is 1. The molecule has 2 aromatic carbocycles. The number of nitrogens with one attached hydrogen (secondary N) is 3. The molecule has 0 aliphatic carbocycles. The van der Waals surface area contributed by atoms with E-state index in [-0.39, 0.29) is 18.2 Å². The number of carbonyl (C=O) groups is 3. The van der Waals surface area contributed by atoms with Gasteiger partial charge in [-0.05, 0) is 68.3 Å². The van der Waals surface area contributed by atoms with Crippen LogP contribution in [0.3, 0.4) is 0 Å². The highest BCUT2D eigenvalue weighted by Gasteiger charge is 2.21. The van der Waals surface area contributed by atoms with Crippen LogP contribution < -0.4 is 32.6 Å². The molecule has 2 heterocycles. The van der Waals surface area contributed by atoms with Crippen LogP contribution in [0.4, 0.5) is 21.9 Å². The topological polar surface area (TPSA) is 190 Å². The third kappa shape index (κ3) is 8.27. The average molecular weight is 606 g/mol. The Kier molecular flexibility index (Phi) is 10.3. The third-order valence-electron chi connectivity index (χ3n) is 6.55. The van der Waals surface area contributed by atoms with Gasteiger partial charge >= 0.3 is 6.09 Å². The number of nitrogens with zero attached hydrogens (tertiary/aromatic N) is 4. The summed E-state index contributed by atoms with van der Waals surface area (Å²) in [5, 5.41) is 13.7. The molecule has 0 fully saturated rings. The van der Waals surface area contributed by atoms with Crippen molar-refractivity contribution in [2.24, 2.45) is 16.8 Å². The lowest BCUT2D eigenvalue weighted by molar-refractivity contribution is -0.118. The van der Waals surface area contributed by atoms with Gasteiger partial charge in [-0.3, -0.25) is 19.9 Å². The van der Waals surface area contributed by atoms with Crippen molar-refractivity contribution in [3.05, 3.63) is 70.6 Å². The SMILES string of the molecule is COC(=O)Nc1ccc2c(c1)NC(=O)CCCCC(NC(=O)/C=C/c1cc(Cl)ccc1N(N)/C=N\N)c1cc-2nc(C)n1. The van der Waals surface area contributed by atoms with Crippen LogP contribution in [0, 0.1) is 6.92 Å². The summed E-state index contributed by atoms with van der Waals surface area (Å²) in [4.78, 5) is 46.9. The van der Waals surface area contributed by atoms with Gasteiger partial charge in [0.05, 0.1) is 35.9 Å². The molecule has 43 heavy (non-hydrogen) atoms. The maximum atomic E-state index is 13.2. The minimum atomic E-state index is -0.636.